The van der Waals surface area contributed by atoms with Crippen LogP contribution < -0.4 is 83.2 Å². The summed E-state index contributed by atoms with van der Waals surface area (Å²) in [4.78, 5) is 141. The van der Waals surface area contributed by atoms with Gasteiger partial charge in [0.15, 0.2) is 23.9 Å². The maximum Gasteiger partial charge on any atom is 0.257 e. The maximum absolute atomic E-state index is 16.8. The number of carbonyl (C=O) groups is 9. The summed E-state index contributed by atoms with van der Waals surface area (Å²) in [6, 6.07) is 4.12. The number of imide groups is 1. The zero-order valence-corrected chi connectivity index (χ0v) is 72.5. The van der Waals surface area contributed by atoms with E-state index < -0.39 is 237 Å². The number of rotatable bonds is 21. The van der Waals surface area contributed by atoms with E-state index in [1.54, 1.807) is 20.2 Å². The van der Waals surface area contributed by atoms with Crippen molar-refractivity contribution < 1.29 is 127 Å². The third-order valence-electron chi connectivity index (χ3n) is 25.6. The van der Waals surface area contributed by atoms with Gasteiger partial charge >= 0.3 is 0 Å². The number of fused-ring (bicyclic) bond motifs is 16. The van der Waals surface area contributed by atoms with Gasteiger partial charge in [0.25, 0.3) is 5.91 Å². The van der Waals surface area contributed by atoms with Gasteiger partial charge in [-0.25, -0.2) is 0 Å². The average molecular weight is 1810 g/mol. The monoisotopic (exact) mass is 1810 g/mol. The van der Waals surface area contributed by atoms with Crippen LogP contribution in [0.5, 0.6) is 51.7 Å². The molecule has 1 unspecified atom stereocenters. The predicted molar refractivity (Wildman–Crippen MR) is 456 cm³/mol. The van der Waals surface area contributed by atoms with Crippen LogP contribution in [0.4, 0.5) is 0 Å². The molecule has 6 aromatic carbocycles. The van der Waals surface area contributed by atoms with E-state index in [1.165, 1.54) is 57.3 Å². The van der Waals surface area contributed by atoms with Crippen LogP contribution in [-0.2, 0) is 63.9 Å². The van der Waals surface area contributed by atoms with Gasteiger partial charge in [-0.1, -0.05) is 43.6 Å². The van der Waals surface area contributed by atoms with Crippen LogP contribution in [0.15, 0.2) is 97.1 Å². The molecule has 8 heterocycles. The van der Waals surface area contributed by atoms with E-state index >= 15 is 33.6 Å². The minimum atomic E-state index is -2.42. The number of nitrogens with one attached hydrogen (secondary N) is 11. The Balaban J connectivity index is 0.924. The van der Waals surface area contributed by atoms with E-state index in [4.69, 9.17) is 55.2 Å². The van der Waals surface area contributed by atoms with Crippen molar-refractivity contribution in [3.8, 4) is 62.9 Å². The molecule has 0 aromatic heterocycles. The summed E-state index contributed by atoms with van der Waals surface area (Å²) in [5.41, 5.74) is 2.75. The second-order valence-corrected chi connectivity index (χ2v) is 35.9. The van der Waals surface area contributed by atoms with Crippen molar-refractivity contribution in [1.82, 2.24) is 58.5 Å². The molecule has 4 saturated carbocycles. The molecular weight excluding hydrogens is 1700 g/mol. The Bertz CT molecular complexity index is 5270. The van der Waals surface area contributed by atoms with E-state index in [0.29, 0.717) is 30.5 Å². The van der Waals surface area contributed by atoms with Crippen molar-refractivity contribution >= 4 is 64.8 Å². The molecule has 9 amide bonds. The number of aliphatic hydroxyl groups excluding tert-OH is 6. The lowest BCUT2D eigenvalue weighted by Crippen LogP contribution is -2.64. The molecule has 38 nitrogen and oxygen atoms in total. The number of nitrogens with two attached hydrogens (primary N) is 1. The summed E-state index contributed by atoms with van der Waals surface area (Å²) in [6.45, 7) is 7.83. The third-order valence-corrected chi connectivity index (χ3v) is 25.9. The highest BCUT2D eigenvalue weighted by molar-refractivity contribution is 6.32. The molecule has 22 N–H and O–H groups in total. The van der Waals surface area contributed by atoms with Crippen LogP contribution in [-0.4, -0.2) is 232 Å². The van der Waals surface area contributed by atoms with Gasteiger partial charge in [-0.3, -0.25) is 48.5 Å². The molecule has 8 aliphatic heterocycles. The van der Waals surface area contributed by atoms with Crippen LogP contribution in [0.3, 0.4) is 0 Å². The van der Waals surface area contributed by atoms with Gasteiger partial charge in [0.2, 0.25) is 59.3 Å². The van der Waals surface area contributed by atoms with Crippen LogP contribution in [0.1, 0.15) is 165 Å². The predicted octanol–water partition coefficient (Wildman–Crippen LogP) is 2.17. The van der Waals surface area contributed by atoms with E-state index in [1.807, 2.05) is 13.8 Å². The first-order valence-electron chi connectivity index (χ1n) is 43.2. The molecule has 6 fully saturated rings. The first-order chi connectivity index (χ1) is 61.5. The molecule has 692 valence electrons. The van der Waals surface area contributed by atoms with E-state index in [2.05, 4.69) is 58.5 Å². The Labute approximate surface area is 746 Å². The first-order valence-corrected chi connectivity index (χ1v) is 43.6. The molecule has 19 atom stereocenters. The summed E-state index contributed by atoms with van der Waals surface area (Å²) < 4.78 is 51.6. The number of likely N-dealkylation sites (N-methyl/N-ethyl adjacent to an activating group) is 3. The van der Waals surface area contributed by atoms with Gasteiger partial charge < -0.3 is 143 Å². The lowest BCUT2D eigenvalue weighted by atomic mass is 9.54. The average Bonchev–Trinajstić information content (AvgIpc) is 0.749. The lowest BCUT2D eigenvalue weighted by molar-refractivity contribution is -0.339. The largest absolute Gasteiger partial charge is 0.508 e. The van der Waals surface area contributed by atoms with Gasteiger partial charge in [-0.15, -0.1) is 0 Å². The van der Waals surface area contributed by atoms with Gasteiger partial charge in [0, 0.05) is 59.4 Å². The normalized spacial score (nSPS) is 30.7. The quantitative estimate of drug-likeness (QED) is 0.0459. The van der Waals surface area contributed by atoms with Gasteiger partial charge in [0.05, 0.1) is 42.9 Å². The Kier molecular flexibility index (Phi) is 27.8. The van der Waals surface area contributed by atoms with Crippen molar-refractivity contribution in [2.24, 2.45) is 35.3 Å². The number of amides is 9. The van der Waals surface area contributed by atoms with Crippen LogP contribution >= 0.6 is 11.6 Å². The SMILES string of the molecule is CNCCOCc1cc(OCCNC)cc(C(=O)NC(=O)C[C@@H]2NC(=O)[C@H](NC(=O)[C@@H](CC(C)C)NC)[C@H](O)c3ccc4c(c3)C(O)[C@H]3O[C@@H](Oc5c6cc(cc5O4)[C@@H](NC2=O)C(=O)N[C@H]2C(=O)N[C@H](C(=O)N[C@H](C(=O)NC4C5CC7CC(C5)CC4C7)c4cc(O)cc(O)c4-c4cc2ccc4O)[C@H](O)c2ccc(c(Cl)c2)O6)[C@H](O[C@H]2C[C@](C)(N)[C@H](O)[C@H](C)O2)[C@@H](O)[C@@H]3O)c1. The number of aliphatic hydroxyl groups is 6. The molecule has 12 aliphatic rings. The third kappa shape index (κ3) is 19.8. The Morgan fingerprint density at radius 1 is 0.643 bits per heavy atom. The topological polar surface area (TPSA) is 568 Å². The number of ether oxygens (including phenoxy) is 8. The fraction of sp³-hybridized carbons (Fsp3) is 0.500. The number of aromatic hydroxyl groups is 3. The molecule has 129 heavy (non-hydrogen) atoms. The van der Waals surface area contributed by atoms with Gasteiger partial charge in [-0.2, -0.15) is 0 Å². The number of halogens is 1. The van der Waals surface area contributed by atoms with Crippen molar-refractivity contribution in [3.63, 3.8) is 0 Å². The number of hydrogen-bond donors (Lipinski definition) is 21. The zero-order valence-electron chi connectivity index (χ0n) is 71.7. The molecule has 6 aromatic rings. The lowest BCUT2D eigenvalue weighted by Gasteiger charge is -2.54. The smallest absolute Gasteiger partial charge is 0.257 e. The number of benzene rings is 6. The summed E-state index contributed by atoms with van der Waals surface area (Å²) in [5.74, 6) is -14.6. The standard InChI is InChI=1S/C90H109ClN12O26/c1-37(2)18-55(95-7)82(115)102-70-72(108)43-9-12-59-52(28-43)74(110)78-75(111)76(112)79(127-64-35-90(4,92)80(113)38(3)124-64)89(129-78)128-77-61(125-59)30-47-31-62(77)126-60-13-10-44(29-54(60)91)73(109)71-88(121)101-69(86(119)98-66-45-20-39-19-40(22-45)23-46(66)21-39)53-32-49(104)33-58(106)65(53)51-27-42(8-11-57(51)105)67(84(117)103-71)100-85(118)68(47)99-83(116)56(96-87(70)120)34-63(107)97-81(114)48-24-41(36-122-16-14-93-5)25-50(26-48)123-17-15-94-6/h8-13,24-33,37-40,45-46,55-56,64,66-76,78-80,89,93-95,104-106,108-113H,14-23,34-36,92H2,1-7H3,(H,96,120)(H,98,119)(H,99,116)(H,100,118)(H,101,121)(H,102,115)(H,103,117)(H,97,107,114)/t38-,39?,40?,45?,46?,55+,56-,64-,66?,67+,68+,69-,70+,71-,72+,73+,74?,75-,76-,78+,79+,80+,89+,90-/m0/s1. The number of hydrogen-bond acceptors (Lipinski definition) is 30. The Hall–Kier alpha value is -10.9. The highest BCUT2D eigenvalue weighted by atomic mass is 35.5. The molecule has 4 aliphatic carbocycles. The zero-order chi connectivity index (χ0) is 92.0. The van der Waals surface area contributed by atoms with E-state index in [0.717, 1.165) is 86.7 Å². The van der Waals surface area contributed by atoms with Crippen molar-refractivity contribution in [1.29, 1.82) is 0 Å². The minimum absolute atomic E-state index is 0.0332. The number of phenolic OH excluding ortho intramolecular Hbond substituents is 3. The van der Waals surface area contributed by atoms with E-state index in [-0.39, 0.29) is 101 Å². The summed E-state index contributed by atoms with van der Waals surface area (Å²) >= 11 is 7.31. The Morgan fingerprint density at radius 2 is 1.30 bits per heavy atom. The maximum atomic E-state index is 16.8. The number of carbonyl (C=O) groups excluding carboxylic acids is 9. The molecule has 0 radical (unpaired) electrons. The van der Waals surface area contributed by atoms with Crippen molar-refractivity contribution in [2.45, 2.75) is 207 Å². The molecule has 0 spiro atoms. The fourth-order valence-electron chi connectivity index (χ4n) is 19.3. The molecule has 18 rings (SSSR count). The van der Waals surface area contributed by atoms with Crippen LogP contribution in [0, 0.1) is 29.6 Å². The van der Waals surface area contributed by atoms with Crippen LogP contribution in [0.25, 0.3) is 11.1 Å². The minimum Gasteiger partial charge on any atom is -0.508 e. The molecule has 2 saturated heterocycles. The van der Waals surface area contributed by atoms with Gasteiger partial charge in [-0.05, 0) is 209 Å². The summed E-state index contributed by atoms with van der Waals surface area (Å²) in [6.07, 6.45) is -17.7. The fourth-order valence-corrected chi connectivity index (χ4v) is 19.5. The van der Waals surface area contributed by atoms with Crippen molar-refractivity contribution in [3.05, 3.63) is 147 Å². The highest BCUT2D eigenvalue weighted by Crippen LogP contribution is 2.55. The first kappa shape index (κ1) is 92.8. The summed E-state index contributed by atoms with van der Waals surface area (Å²) in [5, 5.41) is 141. The van der Waals surface area contributed by atoms with E-state index in [9.17, 15) is 55.5 Å². The second kappa shape index (κ2) is 38.6. The molecule has 39 heteroatoms. The number of phenols is 3. The second-order valence-electron chi connectivity index (χ2n) is 35.5. The van der Waals surface area contributed by atoms with Crippen LogP contribution in [0.2, 0.25) is 5.02 Å². The Morgan fingerprint density at radius 3 is 1.98 bits per heavy atom. The highest BCUT2D eigenvalue weighted by Gasteiger charge is 2.55. The van der Waals surface area contributed by atoms with Crippen molar-refractivity contribution in [2.75, 3.05) is 47.4 Å². The van der Waals surface area contributed by atoms with Gasteiger partial charge in [0.1, 0.15) is 114 Å². The molecular formula is C90H109ClN12O26. The summed E-state index contributed by atoms with van der Waals surface area (Å²) in [7, 11) is 4.89. The molecule has 18 bridgehead atoms.